The first kappa shape index (κ1) is 14.1. The molecule has 2 rings (SSSR count). The summed E-state index contributed by atoms with van der Waals surface area (Å²) < 4.78 is 22.4. The third-order valence-corrected chi connectivity index (χ3v) is 4.33. The molecule has 1 fully saturated rings. The molecule has 0 amide bonds. The van der Waals surface area contributed by atoms with Crippen molar-refractivity contribution in [2.24, 2.45) is 11.1 Å². The lowest BCUT2D eigenvalue weighted by atomic mass is 10.1. The van der Waals surface area contributed by atoms with Crippen LogP contribution >= 0.6 is 0 Å². The second-order valence-corrected chi connectivity index (χ2v) is 6.65. The topological polar surface area (TPSA) is 101 Å². The summed E-state index contributed by atoms with van der Waals surface area (Å²) >= 11 is 0. The molecule has 1 atom stereocenters. The van der Waals surface area contributed by atoms with Crippen LogP contribution in [0.1, 0.15) is 6.42 Å². The van der Waals surface area contributed by atoms with Gasteiger partial charge in [0.15, 0.2) is 0 Å². The van der Waals surface area contributed by atoms with Gasteiger partial charge < -0.3 is 16.0 Å². The quantitative estimate of drug-likeness (QED) is 0.689. The van der Waals surface area contributed by atoms with Gasteiger partial charge in [-0.25, -0.2) is 13.6 Å². The largest absolute Gasteiger partial charge is 0.397 e. The first-order valence-corrected chi connectivity index (χ1v) is 7.75. The van der Waals surface area contributed by atoms with E-state index in [0.29, 0.717) is 11.6 Å². The predicted octanol–water partition coefficient (Wildman–Crippen LogP) is 0.280. The minimum atomic E-state index is -3.69. The third kappa shape index (κ3) is 3.59. The van der Waals surface area contributed by atoms with Gasteiger partial charge in [-0.15, -0.1) is 0 Å². The summed E-state index contributed by atoms with van der Waals surface area (Å²) in [7, 11) is -1.59. The Hall–Kier alpha value is -1.31. The maximum atomic E-state index is 11.2. The van der Waals surface area contributed by atoms with E-state index in [4.69, 9.17) is 10.9 Å². The minimum Gasteiger partial charge on any atom is -0.397 e. The lowest BCUT2D eigenvalue weighted by Crippen LogP contribution is -2.19. The molecule has 0 bridgehead atoms. The highest BCUT2D eigenvalue weighted by Crippen LogP contribution is 2.23. The molecule has 1 heterocycles. The number of nitrogens with one attached hydrogen (secondary N) is 1. The SMILES string of the molecule is CN1CCC(CNc2ccc(S(N)(=O)=O)cc2N)C1. The zero-order chi connectivity index (χ0) is 14.0. The van der Waals surface area contributed by atoms with Crippen molar-refractivity contribution in [1.29, 1.82) is 0 Å². The Morgan fingerprint density at radius 2 is 2.21 bits per heavy atom. The number of sulfonamides is 1. The van der Waals surface area contributed by atoms with Crippen LogP contribution in [0.2, 0.25) is 0 Å². The fourth-order valence-corrected chi connectivity index (χ4v) is 2.87. The van der Waals surface area contributed by atoms with Crippen molar-refractivity contribution in [1.82, 2.24) is 4.90 Å². The Morgan fingerprint density at radius 1 is 1.47 bits per heavy atom. The van der Waals surface area contributed by atoms with Crippen molar-refractivity contribution in [3.8, 4) is 0 Å². The standard InChI is InChI=1S/C12H20N4O2S/c1-16-5-4-9(8-16)7-15-12-3-2-10(6-11(12)13)19(14,17)18/h2-3,6,9,15H,4-5,7-8,13H2,1H3,(H2,14,17,18). The monoisotopic (exact) mass is 284 g/mol. The van der Waals surface area contributed by atoms with Crippen LogP contribution in [0.25, 0.3) is 0 Å². The van der Waals surface area contributed by atoms with Crippen LogP contribution in [-0.4, -0.2) is 40.0 Å². The number of hydrogen-bond acceptors (Lipinski definition) is 5. The van der Waals surface area contributed by atoms with Crippen LogP contribution in [0.15, 0.2) is 23.1 Å². The van der Waals surface area contributed by atoms with Gasteiger partial charge in [-0.2, -0.15) is 0 Å². The number of nitrogen functional groups attached to an aromatic ring is 1. The minimum absolute atomic E-state index is 0.0381. The Kier molecular flexibility index (Phi) is 3.98. The number of likely N-dealkylation sites (tertiary alicyclic amines) is 1. The number of nitrogens with two attached hydrogens (primary N) is 2. The van der Waals surface area contributed by atoms with E-state index in [9.17, 15) is 8.42 Å². The smallest absolute Gasteiger partial charge is 0.238 e. The average Bonchev–Trinajstić information content (AvgIpc) is 2.72. The maximum absolute atomic E-state index is 11.2. The normalized spacial score (nSPS) is 20.6. The second-order valence-electron chi connectivity index (χ2n) is 5.09. The summed E-state index contributed by atoms with van der Waals surface area (Å²) in [6.45, 7) is 3.03. The number of hydrogen-bond donors (Lipinski definition) is 3. The van der Waals surface area contributed by atoms with Crippen molar-refractivity contribution >= 4 is 21.4 Å². The Labute approximate surface area is 113 Å². The van der Waals surface area contributed by atoms with Crippen LogP contribution in [0.3, 0.4) is 0 Å². The van der Waals surface area contributed by atoms with Crippen molar-refractivity contribution in [2.75, 3.05) is 37.7 Å². The molecule has 0 radical (unpaired) electrons. The molecule has 0 aliphatic carbocycles. The van der Waals surface area contributed by atoms with Crippen LogP contribution in [0.5, 0.6) is 0 Å². The lowest BCUT2D eigenvalue weighted by Gasteiger charge is -2.14. The number of rotatable bonds is 4. The first-order valence-electron chi connectivity index (χ1n) is 6.21. The molecule has 1 saturated heterocycles. The second kappa shape index (κ2) is 5.36. The first-order chi connectivity index (χ1) is 8.86. The fraction of sp³-hybridized carbons (Fsp3) is 0.500. The Morgan fingerprint density at radius 3 is 2.74 bits per heavy atom. The highest BCUT2D eigenvalue weighted by Gasteiger charge is 2.19. The van der Waals surface area contributed by atoms with Crippen LogP contribution in [0, 0.1) is 5.92 Å². The van der Waals surface area contributed by atoms with E-state index in [1.807, 2.05) is 0 Å². The molecular formula is C12H20N4O2S. The summed E-state index contributed by atoms with van der Waals surface area (Å²) in [5.41, 5.74) is 6.99. The van der Waals surface area contributed by atoms with Gasteiger partial charge in [-0.1, -0.05) is 0 Å². The van der Waals surface area contributed by atoms with Gasteiger partial charge in [0, 0.05) is 13.1 Å². The molecule has 0 spiro atoms. The maximum Gasteiger partial charge on any atom is 0.238 e. The highest BCUT2D eigenvalue weighted by molar-refractivity contribution is 7.89. The van der Waals surface area contributed by atoms with Gasteiger partial charge >= 0.3 is 0 Å². The zero-order valence-corrected chi connectivity index (χ0v) is 11.8. The van der Waals surface area contributed by atoms with Gasteiger partial charge in [0.05, 0.1) is 16.3 Å². The van der Waals surface area contributed by atoms with E-state index in [1.54, 1.807) is 6.07 Å². The predicted molar refractivity (Wildman–Crippen MR) is 76.3 cm³/mol. The fourth-order valence-electron chi connectivity index (χ4n) is 2.33. The molecule has 0 aromatic heterocycles. The summed E-state index contributed by atoms with van der Waals surface area (Å²) in [5.74, 6) is 0.599. The molecule has 6 nitrogen and oxygen atoms in total. The molecule has 1 aliphatic heterocycles. The summed E-state index contributed by atoms with van der Waals surface area (Å²) in [4.78, 5) is 2.33. The number of benzene rings is 1. The summed E-state index contributed by atoms with van der Waals surface area (Å²) in [6, 6.07) is 4.51. The Bertz CT molecular complexity index is 559. The highest BCUT2D eigenvalue weighted by atomic mass is 32.2. The van der Waals surface area contributed by atoms with E-state index in [2.05, 4.69) is 17.3 Å². The van der Waals surface area contributed by atoms with E-state index < -0.39 is 10.0 Å². The average molecular weight is 284 g/mol. The Balaban J connectivity index is 2.02. The molecule has 19 heavy (non-hydrogen) atoms. The van der Waals surface area contributed by atoms with E-state index in [1.165, 1.54) is 18.6 Å². The molecule has 1 unspecified atom stereocenters. The van der Waals surface area contributed by atoms with Gasteiger partial charge in [-0.3, -0.25) is 0 Å². The van der Waals surface area contributed by atoms with Crippen molar-refractivity contribution in [3.05, 3.63) is 18.2 Å². The van der Waals surface area contributed by atoms with Gasteiger partial charge in [0.2, 0.25) is 10.0 Å². The van der Waals surface area contributed by atoms with E-state index in [-0.39, 0.29) is 4.90 Å². The van der Waals surface area contributed by atoms with Gasteiger partial charge in [-0.05, 0) is 44.1 Å². The van der Waals surface area contributed by atoms with E-state index in [0.717, 1.165) is 25.3 Å². The van der Waals surface area contributed by atoms with Crippen LogP contribution in [-0.2, 0) is 10.0 Å². The van der Waals surface area contributed by atoms with Gasteiger partial charge in [0.25, 0.3) is 0 Å². The van der Waals surface area contributed by atoms with Gasteiger partial charge in [0.1, 0.15) is 0 Å². The molecule has 1 aromatic carbocycles. The number of nitrogens with zero attached hydrogens (tertiary/aromatic N) is 1. The zero-order valence-electron chi connectivity index (χ0n) is 11.0. The van der Waals surface area contributed by atoms with Crippen LogP contribution in [0.4, 0.5) is 11.4 Å². The van der Waals surface area contributed by atoms with Crippen molar-refractivity contribution in [2.45, 2.75) is 11.3 Å². The molecule has 1 aromatic rings. The molecular weight excluding hydrogens is 264 g/mol. The molecule has 1 aliphatic rings. The third-order valence-electron chi connectivity index (χ3n) is 3.42. The summed E-state index contributed by atoms with van der Waals surface area (Å²) in [5, 5.41) is 8.32. The van der Waals surface area contributed by atoms with Crippen molar-refractivity contribution < 1.29 is 8.42 Å². The lowest BCUT2D eigenvalue weighted by molar-refractivity contribution is 0.399. The number of anilines is 2. The molecule has 5 N–H and O–H groups in total. The molecule has 0 saturated carbocycles. The molecule has 106 valence electrons. The number of primary sulfonamides is 1. The summed E-state index contributed by atoms with van der Waals surface area (Å²) in [6.07, 6.45) is 1.17. The van der Waals surface area contributed by atoms with Crippen LogP contribution < -0.4 is 16.2 Å². The van der Waals surface area contributed by atoms with Crippen molar-refractivity contribution in [3.63, 3.8) is 0 Å². The molecule has 7 heteroatoms. The van der Waals surface area contributed by atoms with E-state index >= 15 is 0 Å².